The molecule has 0 radical (unpaired) electrons. The fourth-order valence-electron chi connectivity index (χ4n) is 2.68. The van der Waals surface area contributed by atoms with Gasteiger partial charge in [-0.15, -0.1) is 0 Å². The van der Waals surface area contributed by atoms with Gasteiger partial charge in [0.25, 0.3) is 10.9 Å². The van der Waals surface area contributed by atoms with Crippen LogP contribution >= 0.6 is 22.6 Å². The number of anilines is 5. The third kappa shape index (κ3) is 3.41. The van der Waals surface area contributed by atoms with E-state index < -0.39 is 10.9 Å². The summed E-state index contributed by atoms with van der Waals surface area (Å²) in [6.07, 6.45) is 4.79. The molecule has 3 N–H and O–H groups in total. The molecule has 0 saturated heterocycles. The van der Waals surface area contributed by atoms with E-state index in [1.54, 1.807) is 12.3 Å². The van der Waals surface area contributed by atoms with E-state index in [-0.39, 0.29) is 11.7 Å². The molecule has 1 aliphatic carbocycles. The third-order valence-electron chi connectivity index (χ3n) is 4.37. The monoisotopic (exact) mass is 461 g/mol. The number of rotatable bonds is 6. The van der Waals surface area contributed by atoms with Gasteiger partial charge >= 0.3 is 0 Å². The molecule has 7 nitrogen and oxygen atoms in total. The molecular weight excluding hydrogens is 445 g/mol. The van der Waals surface area contributed by atoms with Gasteiger partial charge in [-0.1, -0.05) is 0 Å². The SMILES string of the molecule is O=c1c(Nc2ccnc(Nc3ccc(I)cc3)n2)c(NC2CCC2)c1=O. The van der Waals surface area contributed by atoms with Gasteiger partial charge in [0.1, 0.15) is 17.2 Å². The second kappa shape index (κ2) is 7.02. The van der Waals surface area contributed by atoms with E-state index >= 15 is 0 Å². The Morgan fingerprint density at radius 3 is 2.38 bits per heavy atom. The van der Waals surface area contributed by atoms with Crippen LogP contribution in [-0.2, 0) is 0 Å². The lowest BCUT2D eigenvalue weighted by Gasteiger charge is -2.28. The minimum absolute atomic E-state index is 0.279. The maximum Gasteiger partial charge on any atom is 0.253 e. The molecule has 1 heterocycles. The van der Waals surface area contributed by atoms with Crippen molar-refractivity contribution in [3.05, 3.63) is 60.5 Å². The van der Waals surface area contributed by atoms with Crippen molar-refractivity contribution >= 4 is 51.4 Å². The lowest BCUT2D eigenvalue weighted by molar-refractivity contribution is 0.445. The standard InChI is InChI=1S/C18H16IN5O2/c19-10-4-6-12(7-5-10)22-18-20-9-8-13(24-18)23-15-14(16(25)17(15)26)21-11-2-1-3-11/h4-9,11,21H,1-3H2,(H2,20,22,23,24). The molecule has 132 valence electrons. The smallest absolute Gasteiger partial charge is 0.253 e. The van der Waals surface area contributed by atoms with Gasteiger partial charge in [0, 0.05) is 21.5 Å². The van der Waals surface area contributed by atoms with Crippen molar-refractivity contribution in [3.63, 3.8) is 0 Å². The molecule has 0 unspecified atom stereocenters. The summed E-state index contributed by atoms with van der Waals surface area (Å²) in [5.41, 5.74) is 0.526. The van der Waals surface area contributed by atoms with Gasteiger partial charge in [0.2, 0.25) is 5.95 Å². The van der Waals surface area contributed by atoms with Crippen LogP contribution in [-0.4, -0.2) is 16.0 Å². The number of halogens is 1. The predicted molar refractivity (Wildman–Crippen MR) is 110 cm³/mol. The lowest BCUT2D eigenvalue weighted by Crippen LogP contribution is -2.40. The number of hydrogen-bond acceptors (Lipinski definition) is 7. The summed E-state index contributed by atoms with van der Waals surface area (Å²) >= 11 is 2.24. The summed E-state index contributed by atoms with van der Waals surface area (Å²) in [5.74, 6) is 0.861. The first-order valence-electron chi connectivity index (χ1n) is 8.32. The largest absolute Gasteiger partial charge is 0.377 e. The molecule has 2 aromatic carbocycles. The lowest BCUT2D eigenvalue weighted by atomic mass is 9.92. The molecule has 1 saturated carbocycles. The van der Waals surface area contributed by atoms with Crippen LogP contribution in [0.2, 0.25) is 0 Å². The molecule has 1 aromatic heterocycles. The summed E-state index contributed by atoms with van der Waals surface area (Å²) in [5, 5.41) is 9.22. The molecule has 0 amide bonds. The second-order valence-corrected chi connectivity index (χ2v) is 7.45. The van der Waals surface area contributed by atoms with Crippen molar-refractivity contribution in [2.24, 2.45) is 0 Å². The van der Waals surface area contributed by atoms with Crippen molar-refractivity contribution in [2.45, 2.75) is 25.3 Å². The van der Waals surface area contributed by atoms with Crippen LogP contribution in [0.15, 0.2) is 46.1 Å². The van der Waals surface area contributed by atoms with E-state index in [9.17, 15) is 9.59 Å². The van der Waals surface area contributed by atoms with Gasteiger partial charge < -0.3 is 16.0 Å². The molecule has 3 aromatic rings. The third-order valence-corrected chi connectivity index (χ3v) is 5.09. The molecule has 0 aliphatic heterocycles. The fraction of sp³-hybridized carbons (Fsp3) is 0.222. The van der Waals surface area contributed by atoms with Crippen LogP contribution in [0.4, 0.5) is 28.8 Å². The Bertz CT molecular complexity index is 1010. The molecule has 0 spiro atoms. The van der Waals surface area contributed by atoms with Gasteiger partial charge in [0.15, 0.2) is 0 Å². The van der Waals surface area contributed by atoms with Gasteiger partial charge in [0.05, 0.1) is 0 Å². The Morgan fingerprint density at radius 1 is 0.962 bits per heavy atom. The first kappa shape index (κ1) is 17.0. The van der Waals surface area contributed by atoms with Crippen molar-refractivity contribution in [3.8, 4) is 0 Å². The van der Waals surface area contributed by atoms with Crippen molar-refractivity contribution in [1.82, 2.24) is 9.97 Å². The van der Waals surface area contributed by atoms with E-state index in [0.29, 0.717) is 17.5 Å². The molecule has 0 atom stereocenters. The topological polar surface area (TPSA) is 96.0 Å². The van der Waals surface area contributed by atoms with Crippen LogP contribution in [0, 0.1) is 3.57 Å². The van der Waals surface area contributed by atoms with Gasteiger partial charge in [-0.05, 0) is 72.2 Å². The van der Waals surface area contributed by atoms with Crippen LogP contribution in [0.1, 0.15) is 19.3 Å². The van der Waals surface area contributed by atoms with Gasteiger partial charge in [-0.25, -0.2) is 4.98 Å². The van der Waals surface area contributed by atoms with Crippen LogP contribution in [0.3, 0.4) is 0 Å². The summed E-state index contributed by atoms with van der Waals surface area (Å²) in [6, 6.07) is 9.76. The summed E-state index contributed by atoms with van der Waals surface area (Å²) in [4.78, 5) is 32.3. The van der Waals surface area contributed by atoms with E-state index in [1.807, 2.05) is 24.3 Å². The maximum atomic E-state index is 11.9. The zero-order chi connectivity index (χ0) is 18.1. The first-order chi connectivity index (χ1) is 12.6. The maximum absolute atomic E-state index is 11.9. The first-order valence-corrected chi connectivity index (χ1v) is 9.40. The van der Waals surface area contributed by atoms with Crippen LogP contribution in [0.25, 0.3) is 0 Å². The highest BCUT2D eigenvalue weighted by Gasteiger charge is 2.26. The van der Waals surface area contributed by atoms with Crippen molar-refractivity contribution in [2.75, 3.05) is 16.0 Å². The van der Waals surface area contributed by atoms with E-state index in [2.05, 4.69) is 48.5 Å². The highest BCUT2D eigenvalue weighted by Crippen LogP contribution is 2.26. The predicted octanol–water partition coefficient (Wildman–Crippen LogP) is 3.13. The molecule has 1 fully saturated rings. The highest BCUT2D eigenvalue weighted by molar-refractivity contribution is 14.1. The average Bonchev–Trinajstić information content (AvgIpc) is 2.61. The molecule has 0 bridgehead atoms. The Hall–Kier alpha value is -2.49. The fourth-order valence-corrected chi connectivity index (χ4v) is 3.04. The minimum Gasteiger partial charge on any atom is -0.377 e. The molecular formula is C18H16IN5O2. The van der Waals surface area contributed by atoms with Crippen molar-refractivity contribution < 1.29 is 0 Å². The quantitative estimate of drug-likeness (QED) is 0.384. The number of benzene rings is 1. The van der Waals surface area contributed by atoms with Crippen molar-refractivity contribution in [1.29, 1.82) is 0 Å². The second-order valence-electron chi connectivity index (χ2n) is 6.20. The van der Waals surface area contributed by atoms with Crippen LogP contribution in [0.5, 0.6) is 0 Å². The Morgan fingerprint density at radius 2 is 1.69 bits per heavy atom. The Labute approximate surface area is 163 Å². The summed E-state index contributed by atoms with van der Waals surface area (Å²) in [6.45, 7) is 0. The molecule has 26 heavy (non-hydrogen) atoms. The zero-order valence-corrected chi connectivity index (χ0v) is 15.9. The molecule has 4 rings (SSSR count). The molecule has 1 aliphatic rings. The minimum atomic E-state index is -0.516. The number of aromatic nitrogens is 2. The summed E-state index contributed by atoms with van der Waals surface area (Å²) in [7, 11) is 0. The van der Waals surface area contributed by atoms with E-state index in [1.165, 1.54) is 0 Å². The van der Waals surface area contributed by atoms with Gasteiger partial charge in [-0.2, -0.15) is 4.98 Å². The van der Waals surface area contributed by atoms with Gasteiger partial charge in [-0.3, -0.25) is 9.59 Å². The average molecular weight is 461 g/mol. The molecule has 8 heteroatoms. The Kier molecular flexibility index (Phi) is 4.58. The van der Waals surface area contributed by atoms with E-state index in [4.69, 9.17) is 0 Å². The number of nitrogens with one attached hydrogen (secondary N) is 3. The van der Waals surface area contributed by atoms with E-state index in [0.717, 1.165) is 28.5 Å². The number of nitrogens with zero attached hydrogens (tertiary/aromatic N) is 2. The zero-order valence-electron chi connectivity index (χ0n) is 13.8. The number of hydrogen-bond donors (Lipinski definition) is 3. The highest BCUT2D eigenvalue weighted by atomic mass is 127. The Balaban J connectivity index is 1.50. The summed E-state index contributed by atoms with van der Waals surface area (Å²) < 4.78 is 1.14. The van der Waals surface area contributed by atoms with Crippen LogP contribution < -0.4 is 26.8 Å². The normalized spacial score (nSPS) is 14.0.